The highest BCUT2D eigenvalue weighted by atomic mass is 35.5. The SMILES string of the molecule is C#CC(C)Oc1cc(N2C(=O)C3=C(CCCC3)C2=O)c(F)cc1Cl.CN(C)c1nc(=O)n(C2CCCCC2)c(=O)n1C. The molecule has 1 unspecified atom stereocenters. The summed E-state index contributed by atoms with van der Waals surface area (Å²) in [5, 5.41) is 0.0233. The Morgan fingerprint density at radius 3 is 2.19 bits per heavy atom. The van der Waals surface area contributed by atoms with Gasteiger partial charge < -0.3 is 9.64 Å². The average molecular weight is 600 g/mol. The molecule has 42 heavy (non-hydrogen) atoms. The molecule has 1 atom stereocenters. The predicted molar refractivity (Wildman–Crippen MR) is 159 cm³/mol. The molecule has 1 aliphatic heterocycles. The van der Waals surface area contributed by atoms with Gasteiger partial charge >= 0.3 is 11.4 Å². The Hall–Kier alpha value is -3.91. The van der Waals surface area contributed by atoms with E-state index in [9.17, 15) is 23.6 Å². The highest BCUT2D eigenvalue weighted by Gasteiger charge is 2.41. The first kappa shape index (κ1) is 31.0. The van der Waals surface area contributed by atoms with Gasteiger partial charge in [-0.3, -0.25) is 14.2 Å². The average Bonchev–Trinajstić information content (AvgIpc) is 3.22. The van der Waals surface area contributed by atoms with Crippen LogP contribution in [0, 0.1) is 18.2 Å². The molecule has 12 heteroatoms. The third-order valence-corrected chi connectivity index (χ3v) is 8.00. The van der Waals surface area contributed by atoms with Crippen LogP contribution in [0.5, 0.6) is 5.75 Å². The van der Waals surface area contributed by atoms with E-state index in [1.807, 2.05) is 0 Å². The van der Waals surface area contributed by atoms with E-state index in [1.54, 1.807) is 33.0 Å². The number of carbonyl (C=O) groups excluding carboxylic acids is 2. The van der Waals surface area contributed by atoms with Crippen LogP contribution < -0.4 is 25.9 Å². The Morgan fingerprint density at radius 2 is 1.64 bits per heavy atom. The second-order valence-electron chi connectivity index (χ2n) is 10.9. The number of anilines is 2. The summed E-state index contributed by atoms with van der Waals surface area (Å²) < 4.78 is 22.6. The molecule has 1 saturated carbocycles. The number of benzene rings is 1. The minimum absolute atomic E-state index is 0.0219. The number of terminal acetylenes is 1. The number of carbonyl (C=O) groups is 2. The number of aromatic nitrogens is 3. The van der Waals surface area contributed by atoms with Crippen molar-refractivity contribution in [2.24, 2.45) is 7.05 Å². The van der Waals surface area contributed by atoms with Crippen LogP contribution >= 0.6 is 11.6 Å². The van der Waals surface area contributed by atoms with Crippen LogP contribution in [-0.4, -0.2) is 46.1 Å². The van der Waals surface area contributed by atoms with Gasteiger partial charge in [0.25, 0.3) is 11.8 Å². The van der Waals surface area contributed by atoms with Gasteiger partial charge in [0.05, 0.1) is 10.7 Å². The second-order valence-corrected chi connectivity index (χ2v) is 11.3. The maximum atomic E-state index is 14.4. The number of amides is 2. The van der Waals surface area contributed by atoms with E-state index >= 15 is 0 Å². The maximum absolute atomic E-state index is 14.4. The molecule has 1 aromatic heterocycles. The van der Waals surface area contributed by atoms with E-state index in [0.29, 0.717) is 29.9 Å². The summed E-state index contributed by atoms with van der Waals surface area (Å²) in [6.07, 6.45) is 12.6. The molecule has 3 aliphatic rings. The third-order valence-electron chi connectivity index (χ3n) is 7.71. The molecule has 0 bridgehead atoms. The molecule has 0 radical (unpaired) electrons. The molecule has 5 rings (SSSR count). The molecule has 2 aliphatic carbocycles. The predicted octanol–water partition coefficient (Wildman–Crippen LogP) is 4.14. The zero-order valence-electron chi connectivity index (χ0n) is 24.3. The molecule has 224 valence electrons. The number of hydrogen-bond donors (Lipinski definition) is 0. The van der Waals surface area contributed by atoms with Crippen molar-refractivity contribution in [1.29, 1.82) is 0 Å². The molecular formula is C30H35ClFN5O5. The van der Waals surface area contributed by atoms with Crippen molar-refractivity contribution < 1.29 is 18.7 Å². The molecule has 0 saturated heterocycles. The van der Waals surface area contributed by atoms with Crippen molar-refractivity contribution in [3.63, 3.8) is 0 Å². The highest BCUT2D eigenvalue weighted by Crippen LogP contribution is 2.39. The van der Waals surface area contributed by atoms with Gasteiger partial charge in [0.15, 0.2) is 6.10 Å². The smallest absolute Gasteiger partial charge is 0.355 e. The van der Waals surface area contributed by atoms with Gasteiger partial charge in [0, 0.05) is 44.4 Å². The molecule has 1 fully saturated rings. The molecular weight excluding hydrogens is 565 g/mol. The number of ether oxygens (including phenoxy) is 1. The molecule has 2 aromatic rings. The Kier molecular flexibility index (Phi) is 9.57. The fraction of sp³-hybridized carbons (Fsp3) is 0.500. The van der Waals surface area contributed by atoms with E-state index in [2.05, 4.69) is 10.9 Å². The van der Waals surface area contributed by atoms with E-state index < -0.39 is 29.4 Å². The lowest BCUT2D eigenvalue weighted by molar-refractivity contribution is -0.120. The van der Waals surface area contributed by atoms with Gasteiger partial charge in [-0.2, -0.15) is 4.98 Å². The summed E-state index contributed by atoms with van der Waals surface area (Å²) in [4.78, 5) is 56.0. The quantitative estimate of drug-likeness (QED) is 0.376. The van der Waals surface area contributed by atoms with Crippen molar-refractivity contribution in [1.82, 2.24) is 14.1 Å². The fourth-order valence-corrected chi connectivity index (χ4v) is 5.75. The normalized spacial score (nSPS) is 17.8. The summed E-state index contributed by atoms with van der Waals surface area (Å²) in [5.41, 5.74) is 0.127. The summed E-state index contributed by atoms with van der Waals surface area (Å²) in [5.74, 6) is 1.21. The Bertz CT molecular complexity index is 1550. The first-order chi connectivity index (χ1) is 20.0. The van der Waals surface area contributed by atoms with Crippen LogP contribution in [0.15, 0.2) is 32.9 Å². The molecule has 1 aromatic carbocycles. The molecule has 10 nitrogen and oxygen atoms in total. The second kappa shape index (κ2) is 12.9. The number of nitrogens with zero attached hydrogens (tertiary/aromatic N) is 5. The van der Waals surface area contributed by atoms with E-state index in [0.717, 1.165) is 49.5 Å². The highest BCUT2D eigenvalue weighted by molar-refractivity contribution is 6.34. The maximum Gasteiger partial charge on any atom is 0.355 e. The Labute approximate surface area is 248 Å². The minimum Gasteiger partial charge on any atom is -0.476 e. The standard InChI is InChI=1S/C18H15ClFNO3.C12H20N4O2/c1-3-10(2)24-16-9-15(14(20)8-13(16)19)21-17(22)11-6-4-5-7-12(11)18(21)23;1-14(2)10-13-11(17)16(12(18)15(10)3)9-7-5-4-6-8-9/h1,8-10H,4-7H2,2H3;9H,4-8H2,1-3H3. The van der Waals surface area contributed by atoms with E-state index in [4.69, 9.17) is 22.8 Å². The van der Waals surface area contributed by atoms with Gasteiger partial charge in [-0.15, -0.1) is 6.42 Å². The van der Waals surface area contributed by atoms with Crippen LogP contribution in [0.25, 0.3) is 0 Å². The molecule has 0 N–H and O–H groups in total. The largest absolute Gasteiger partial charge is 0.476 e. The molecule has 2 heterocycles. The Balaban J connectivity index is 0.000000201. The number of rotatable bonds is 5. The number of hydrogen-bond acceptors (Lipinski definition) is 7. The number of halogens is 2. The zero-order valence-corrected chi connectivity index (χ0v) is 25.0. The summed E-state index contributed by atoms with van der Waals surface area (Å²) in [6.45, 7) is 1.63. The fourth-order valence-electron chi connectivity index (χ4n) is 5.56. The van der Waals surface area contributed by atoms with Crippen molar-refractivity contribution in [3.05, 3.63) is 55.1 Å². The summed E-state index contributed by atoms with van der Waals surface area (Å²) in [7, 11) is 5.20. The van der Waals surface area contributed by atoms with Crippen LogP contribution in [0.1, 0.15) is 70.8 Å². The molecule has 0 spiro atoms. The first-order valence-corrected chi connectivity index (χ1v) is 14.4. The van der Waals surface area contributed by atoms with Crippen molar-refractivity contribution in [2.75, 3.05) is 23.9 Å². The lowest BCUT2D eigenvalue weighted by atomic mass is 9.93. The minimum atomic E-state index is -0.762. The van der Waals surface area contributed by atoms with Crippen molar-refractivity contribution in [3.8, 4) is 18.1 Å². The number of imide groups is 1. The Morgan fingerprint density at radius 1 is 1.05 bits per heavy atom. The third kappa shape index (κ3) is 6.14. The van der Waals surface area contributed by atoms with Crippen LogP contribution in [0.3, 0.4) is 0 Å². The lowest BCUT2D eigenvalue weighted by Gasteiger charge is -2.24. The van der Waals surface area contributed by atoms with E-state index in [-0.39, 0.29) is 28.2 Å². The van der Waals surface area contributed by atoms with Gasteiger partial charge in [0.2, 0.25) is 5.95 Å². The van der Waals surface area contributed by atoms with E-state index in [1.165, 1.54) is 21.6 Å². The van der Waals surface area contributed by atoms with Crippen LogP contribution in [0.4, 0.5) is 16.0 Å². The van der Waals surface area contributed by atoms with Gasteiger partial charge in [-0.25, -0.2) is 23.4 Å². The first-order valence-electron chi connectivity index (χ1n) is 14.1. The monoisotopic (exact) mass is 599 g/mol. The van der Waals surface area contributed by atoms with Crippen molar-refractivity contribution in [2.45, 2.75) is 76.9 Å². The topological polar surface area (TPSA) is 107 Å². The van der Waals surface area contributed by atoms with Crippen LogP contribution in [-0.2, 0) is 16.6 Å². The lowest BCUT2D eigenvalue weighted by Crippen LogP contribution is -2.45. The zero-order chi connectivity index (χ0) is 30.7. The van der Waals surface area contributed by atoms with Gasteiger partial charge in [-0.1, -0.05) is 36.8 Å². The summed E-state index contributed by atoms with van der Waals surface area (Å²) in [6, 6.07) is 2.29. The van der Waals surface area contributed by atoms with Crippen LogP contribution in [0.2, 0.25) is 5.02 Å². The van der Waals surface area contributed by atoms with Gasteiger partial charge in [-0.05, 0) is 51.5 Å². The molecule has 2 amide bonds. The van der Waals surface area contributed by atoms with Gasteiger partial charge in [0.1, 0.15) is 11.6 Å². The summed E-state index contributed by atoms with van der Waals surface area (Å²) >= 11 is 5.97. The van der Waals surface area contributed by atoms with Crippen molar-refractivity contribution >= 4 is 35.1 Å².